The zero-order valence-electron chi connectivity index (χ0n) is 10.9. The maximum Gasteiger partial charge on any atom is 0.304 e. The van der Waals surface area contributed by atoms with Crippen LogP contribution >= 0.6 is 0 Å². The van der Waals surface area contributed by atoms with E-state index in [2.05, 4.69) is 11.1 Å². The molecule has 0 aliphatic carbocycles. The van der Waals surface area contributed by atoms with E-state index in [4.69, 9.17) is 4.74 Å². The fourth-order valence-corrected chi connectivity index (χ4v) is 2.01. The molecule has 2 aromatic rings. The monoisotopic (exact) mass is 246 g/mol. The van der Waals surface area contributed by atoms with Gasteiger partial charge in [-0.2, -0.15) is 0 Å². The third kappa shape index (κ3) is 2.71. The van der Waals surface area contributed by atoms with Crippen LogP contribution in [-0.4, -0.2) is 36.2 Å². The fraction of sp³-hybridized carbons (Fsp3) is 0.357. The molecule has 1 unspecified atom stereocenters. The smallest absolute Gasteiger partial charge is 0.304 e. The molecule has 1 aromatic heterocycles. The molecule has 0 spiro atoms. The van der Waals surface area contributed by atoms with Crippen molar-refractivity contribution in [2.75, 3.05) is 14.1 Å². The second kappa shape index (κ2) is 5.23. The molecular formula is C14H18N2O2. The van der Waals surface area contributed by atoms with E-state index in [1.807, 2.05) is 43.4 Å². The number of benzene rings is 1. The largest absolute Gasteiger partial charge is 0.446 e. The van der Waals surface area contributed by atoms with Crippen LogP contribution in [0.15, 0.2) is 30.5 Å². The Morgan fingerprint density at radius 2 is 2.11 bits per heavy atom. The number of H-pyrrole nitrogens is 1. The van der Waals surface area contributed by atoms with Crippen molar-refractivity contribution in [1.82, 2.24) is 9.88 Å². The number of para-hydroxylation sites is 1. The van der Waals surface area contributed by atoms with Gasteiger partial charge in [0, 0.05) is 30.4 Å². The molecule has 0 saturated heterocycles. The molecule has 0 bridgehead atoms. The highest BCUT2D eigenvalue weighted by Gasteiger charge is 2.17. The number of ether oxygens (including phenoxy) is 1. The lowest BCUT2D eigenvalue weighted by molar-refractivity contribution is -0.154. The Morgan fingerprint density at radius 1 is 1.39 bits per heavy atom. The third-order valence-corrected chi connectivity index (χ3v) is 2.95. The van der Waals surface area contributed by atoms with Gasteiger partial charge in [0.1, 0.15) is 0 Å². The molecule has 1 aromatic carbocycles. The zero-order valence-corrected chi connectivity index (χ0v) is 10.9. The minimum Gasteiger partial charge on any atom is -0.446 e. The van der Waals surface area contributed by atoms with Gasteiger partial charge in [-0.15, -0.1) is 0 Å². The number of rotatable bonds is 4. The summed E-state index contributed by atoms with van der Waals surface area (Å²) in [5, 5.41) is 1.18. The highest BCUT2D eigenvalue weighted by Crippen LogP contribution is 2.20. The lowest BCUT2D eigenvalue weighted by Crippen LogP contribution is -2.34. The first kappa shape index (κ1) is 12.6. The van der Waals surface area contributed by atoms with Gasteiger partial charge in [-0.1, -0.05) is 18.2 Å². The number of carbonyl (C=O) groups excluding carboxylic acids is 1. The minimum atomic E-state index is -0.256. The van der Waals surface area contributed by atoms with Crippen molar-refractivity contribution in [2.24, 2.45) is 0 Å². The first-order valence-corrected chi connectivity index (χ1v) is 5.96. The molecule has 0 aliphatic heterocycles. The normalized spacial score (nSPS) is 12.9. The topological polar surface area (TPSA) is 45.3 Å². The second-order valence-corrected chi connectivity index (χ2v) is 4.59. The number of aromatic nitrogens is 1. The predicted octanol–water partition coefficient (Wildman–Crippen LogP) is 2.16. The van der Waals surface area contributed by atoms with Crippen molar-refractivity contribution in [3.05, 3.63) is 36.0 Å². The number of hydrogen-bond acceptors (Lipinski definition) is 3. The van der Waals surface area contributed by atoms with Crippen LogP contribution in [0.5, 0.6) is 0 Å². The molecule has 18 heavy (non-hydrogen) atoms. The van der Waals surface area contributed by atoms with Crippen molar-refractivity contribution in [2.45, 2.75) is 19.6 Å². The summed E-state index contributed by atoms with van der Waals surface area (Å²) in [5.41, 5.74) is 2.26. The number of likely N-dealkylation sites (N-methyl/N-ethyl adjacent to an activating group) is 1. The highest BCUT2D eigenvalue weighted by molar-refractivity contribution is 5.83. The molecule has 4 nitrogen and oxygen atoms in total. The van der Waals surface area contributed by atoms with E-state index < -0.39 is 0 Å². The van der Waals surface area contributed by atoms with Gasteiger partial charge in [0.2, 0.25) is 0 Å². The van der Waals surface area contributed by atoms with Gasteiger partial charge in [0.15, 0.2) is 6.23 Å². The third-order valence-electron chi connectivity index (χ3n) is 2.95. The standard InChI is InChI=1S/C14H18N2O2/c1-10(17)18-14(16(2)3)8-11-9-15-13-7-5-4-6-12(11)13/h4-7,9,14-15H,8H2,1-3H3. The van der Waals surface area contributed by atoms with E-state index >= 15 is 0 Å². The van der Waals surface area contributed by atoms with Crippen molar-refractivity contribution < 1.29 is 9.53 Å². The summed E-state index contributed by atoms with van der Waals surface area (Å²) >= 11 is 0. The average molecular weight is 246 g/mol. The molecule has 0 amide bonds. The van der Waals surface area contributed by atoms with Crippen LogP contribution in [0.1, 0.15) is 12.5 Å². The van der Waals surface area contributed by atoms with Crippen LogP contribution < -0.4 is 0 Å². The second-order valence-electron chi connectivity index (χ2n) is 4.59. The number of carbonyl (C=O) groups is 1. The summed E-state index contributed by atoms with van der Waals surface area (Å²) in [6.45, 7) is 1.44. The number of nitrogens with zero attached hydrogens (tertiary/aromatic N) is 1. The number of nitrogens with one attached hydrogen (secondary N) is 1. The number of hydrogen-bond donors (Lipinski definition) is 1. The quantitative estimate of drug-likeness (QED) is 0.664. The van der Waals surface area contributed by atoms with E-state index in [9.17, 15) is 4.79 Å². The molecule has 0 aliphatic rings. The van der Waals surface area contributed by atoms with Crippen molar-refractivity contribution in [3.8, 4) is 0 Å². The summed E-state index contributed by atoms with van der Waals surface area (Å²) in [4.78, 5) is 16.2. The first-order valence-electron chi connectivity index (χ1n) is 5.96. The summed E-state index contributed by atoms with van der Waals surface area (Å²) in [6.07, 6.45) is 2.42. The zero-order chi connectivity index (χ0) is 13.1. The number of esters is 1. The van der Waals surface area contributed by atoms with Gasteiger partial charge in [-0.25, -0.2) is 0 Å². The van der Waals surface area contributed by atoms with Gasteiger partial charge in [-0.05, 0) is 25.7 Å². The molecule has 2 rings (SSSR count). The summed E-state index contributed by atoms with van der Waals surface area (Å²) in [6, 6.07) is 8.12. The Morgan fingerprint density at radius 3 is 2.78 bits per heavy atom. The van der Waals surface area contributed by atoms with E-state index in [0.717, 1.165) is 11.1 Å². The summed E-state index contributed by atoms with van der Waals surface area (Å²) < 4.78 is 5.31. The summed E-state index contributed by atoms with van der Waals surface area (Å²) in [7, 11) is 3.81. The minimum absolute atomic E-state index is 0.235. The Hall–Kier alpha value is -1.81. The molecule has 0 saturated carbocycles. The van der Waals surface area contributed by atoms with Gasteiger partial charge in [0.25, 0.3) is 0 Å². The van der Waals surface area contributed by atoms with Gasteiger partial charge in [-0.3, -0.25) is 9.69 Å². The Labute approximate surface area is 107 Å². The van der Waals surface area contributed by atoms with E-state index in [1.54, 1.807) is 0 Å². The van der Waals surface area contributed by atoms with Crippen molar-refractivity contribution >= 4 is 16.9 Å². The SMILES string of the molecule is CC(=O)OC(Cc1c[nH]c2ccccc12)N(C)C. The predicted molar refractivity (Wildman–Crippen MR) is 71.2 cm³/mol. The average Bonchev–Trinajstić information content (AvgIpc) is 2.71. The molecule has 0 fully saturated rings. The van der Waals surface area contributed by atoms with E-state index in [1.165, 1.54) is 12.3 Å². The van der Waals surface area contributed by atoms with Crippen LogP contribution in [0.2, 0.25) is 0 Å². The summed E-state index contributed by atoms with van der Waals surface area (Å²) in [5.74, 6) is -0.256. The van der Waals surface area contributed by atoms with Crippen LogP contribution in [0.3, 0.4) is 0 Å². The van der Waals surface area contributed by atoms with Crippen LogP contribution in [0.25, 0.3) is 10.9 Å². The maximum atomic E-state index is 11.1. The first-order chi connectivity index (χ1) is 8.58. The molecule has 1 heterocycles. The van der Waals surface area contributed by atoms with E-state index in [-0.39, 0.29) is 12.2 Å². The number of fused-ring (bicyclic) bond motifs is 1. The van der Waals surface area contributed by atoms with Gasteiger partial charge in [0.05, 0.1) is 0 Å². The van der Waals surface area contributed by atoms with Crippen LogP contribution in [0.4, 0.5) is 0 Å². The van der Waals surface area contributed by atoms with Gasteiger partial charge >= 0.3 is 5.97 Å². The lowest BCUT2D eigenvalue weighted by atomic mass is 10.1. The van der Waals surface area contributed by atoms with Crippen LogP contribution in [-0.2, 0) is 16.0 Å². The molecule has 96 valence electrons. The number of aromatic amines is 1. The molecule has 1 atom stereocenters. The van der Waals surface area contributed by atoms with Crippen LogP contribution in [0, 0.1) is 0 Å². The Kier molecular flexibility index (Phi) is 3.67. The van der Waals surface area contributed by atoms with Gasteiger partial charge < -0.3 is 9.72 Å². The lowest BCUT2D eigenvalue weighted by Gasteiger charge is -2.23. The Balaban J connectivity index is 2.23. The molecule has 4 heteroatoms. The highest BCUT2D eigenvalue weighted by atomic mass is 16.6. The maximum absolute atomic E-state index is 11.1. The Bertz CT molecular complexity index is 545. The molecular weight excluding hydrogens is 228 g/mol. The van der Waals surface area contributed by atoms with E-state index in [0.29, 0.717) is 6.42 Å². The van der Waals surface area contributed by atoms with Crippen molar-refractivity contribution in [3.63, 3.8) is 0 Å². The molecule has 1 N–H and O–H groups in total. The van der Waals surface area contributed by atoms with Crippen molar-refractivity contribution in [1.29, 1.82) is 0 Å². The fourth-order valence-electron chi connectivity index (χ4n) is 2.01. The molecule has 0 radical (unpaired) electrons.